The van der Waals surface area contributed by atoms with Gasteiger partial charge in [0.05, 0.1) is 5.75 Å². The van der Waals surface area contributed by atoms with Crippen molar-refractivity contribution in [3.63, 3.8) is 0 Å². The van der Waals surface area contributed by atoms with Gasteiger partial charge in [0.1, 0.15) is 5.58 Å². The van der Waals surface area contributed by atoms with E-state index in [4.69, 9.17) is 4.42 Å². The van der Waals surface area contributed by atoms with Crippen LogP contribution in [0.3, 0.4) is 0 Å². The highest BCUT2D eigenvalue weighted by Crippen LogP contribution is 2.28. The molecule has 1 fully saturated rings. The molecule has 0 unspecified atom stereocenters. The van der Waals surface area contributed by atoms with E-state index in [9.17, 15) is 18.0 Å². The maximum absolute atomic E-state index is 12.9. The third kappa shape index (κ3) is 4.96. The second-order valence-electron chi connectivity index (χ2n) is 7.96. The van der Waals surface area contributed by atoms with E-state index in [0.717, 1.165) is 31.9 Å². The van der Waals surface area contributed by atoms with Gasteiger partial charge in [-0.25, -0.2) is 8.42 Å². The number of carbonyl (C=O) groups is 2. The summed E-state index contributed by atoms with van der Waals surface area (Å²) in [6.07, 6.45) is 5.41. The second kappa shape index (κ2) is 8.55. The van der Waals surface area contributed by atoms with Gasteiger partial charge in [-0.3, -0.25) is 9.59 Å². The van der Waals surface area contributed by atoms with Crippen molar-refractivity contribution >= 4 is 38.3 Å². The number of rotatable bonds is 6. The molecule has 0 bridgehead atoms. The van der Waals surface area contributed by atoms with E-state index in [1.165, 1.54) is 0 Å². The van der Waals surface area contributed by atoms with Crippen LogP contribution in [0, 0.1) is 0 Å². The van der Waals surface area contributed by atoms with E-state index in [0.29, 0.717) is 27.8 Å². The molecule has 31 heavy (non-hydrogen) atoms. The number of sulfone groups is 1. The normalized spacial score (nSPS) is 14.6. The molecule has 2 aromatic carbocycles. The molecule has 162 valence electrons. The summed E-state index contributed by atoms with van der Waals surface area (Å²) in [5, 5.41) is 6.35. The maximum Gasteiger partial charge on any atom is 0.291 e. The molecule has 2 amide bonds. The van der Waals surface area contributed by atoms with Gasteiger partial charge in [0.15, 0.2) is 15.6 Å². The first-order valence-electron chi connectivity index (χ1n) is 10.2. The Morgan fingerprint density at radius 2 is 1.68 bits per heavy atom. The number of nitrogens with one attached hydrogen (secondary N) is 2. The average molecular weight is 441 g/mol. The Labute approximate surface area is 180 Å². The fourth-order valence-electron chi connectivity index (χ4n) is 3.92. The molecule has 3 aromatic rings. The second-order valence-corrected chi connectivity index (χ2v) is 10.1. The number of amides is 2. The van der Waals surface area contributed by atoms with E-state index in [-0.39, 0.29) is 23.5 Å². The minimum absolute atomic E-state index is 0.0327. The molecule has 0 spiro atoms. The minimum Gasteiger partial charge on any atom is -0.451 e. The predicted molar refractivity (Wildman–Crippen MR) is 119 cm³/mol. The van der Waals surface area contributed by atoms with Crippen molar-refractivity contribution in [3.8, 4) is 0 Å². The van der Waals surface area contributed by atoms with Gasteiger partial charge < -0.3 is 15.1 Å². The summed E-state index contributed by atoms with van der Waals surface area (Å²) in [5.74, 6) is -1.00. The molecule has 7 nitrogen and oxygen atoms in total. The number of anilines is 1. The van der Waals surface area contributed by atoms with Crippen molar-refractivity contribution in [1.29, 1.82) is 0 Å². The van der Waals surface area contributed by atoms with Crippen molar-refractivity contribution in [2.24, 2.45) is 0 Å². The third-order valence-corrected chi connectivity index (χ3v) is 6.22. The predicted octanol–water partition coefficient (Wildman–Crippen LogP) is 3.90. The fraction of sp³-hybridized carbons (Fsp3) is 0.304. The van der Waals surface area contributed by atoms with Crippen LogP contribution >= 0.6 is 0 Å². The smallest absolute Gasteiger partial charge is 0.291 e. The molecule has 0 saturated heterocycles. The molecular weight excluding hydrogens is 416 g/mol. The summed E-state index contributed by atoms with van der Waals surface area (Å²) in [5.41, 5.74) is 1.79. The molecule has 1 saturated carbocycles. The Kier molecular flexibility index (Phi) is 5.82. The lowest BCUT2D eigenvalue weighted by atomic mass is 10.1. The van der Waals surface area contributed by atoms with Gasteiger partial charge in [-0.2, -0.15) is 0 Å². The quantitative estimate of drug-likeness (QED) is 0.605. The lowest BCUT2D eigenvalue weighted by Gasteiger charge is -2.12. The van der Waals surface area contributed by atoms with Crippen LogP contribution in [0.15, 0.2) is 52.9 Å². The maximum atomic E-state index is 12.9. The van der Waals surface area contributed by atoms with Crippen LogP contribution in [-0.4, -0.2) is 32.5 Å². The van der Waals surface area contributed by atoms with Gasteiger partial charge in [0.25, 0.3) is 11.8 Å². The Morgan fingerprint density at radius 1 is 1.00 bits per heavy atom. The molecule has 4 rings (SSSR count). The van der Waals surface area contributed by atoms with Gasteiger partial charge in [-0.15, -0.1) is 0 Å². The highest BCUT2D eigenvalue weighted by atomic mass is 32.2. The molecule has 1 heterocycles. The summed E-state index contributed by atoms with van der Waals surface area (Å²) in [6.45, 7) is 0. The van der Waals surface area contributed by atoms with Crippen molar-refractivity contribution in [1.82, 2.24) is 5.32 Å². The molecule has 8 heteroatoms. The molecule has 2 N–H and O–H groups in total. The number of hydrogen-bond acceptors (Lipinski definition) is 5. The number of fused-ring (bicyclic) bond motifs is 1. The first-order chi connectivity index (χ1) is 14.8. The first kappa shape index (κ1) is 21.1. The topological polar surface area (TPSA) is 105 Å². The molecule has 0 atom stereocenters. The molecule has 1 aliphatic rings. The Morgan fingerprint density at radius 3 is 2.35 bits per heavy atom. The number of hydrogen-bond donors (Lipinski definition) is 2. The highest BCUT2D eigenvalue weighted by Gasteiger charge is 2.23. The Balaban J connectivity index is 1.52. The number of carbonyl (C=O) groups excluding carboxylic acids is 2. The van der Waals surface area contributed by atoms with Crippen LogP contribution in [0.4, 0.5) is 5.69 Å². The van der Waals surface area contributed by atoms with Gasteiger partial charge >= 0.3 is 0 Å². The van der Waals surface area contributed by atoms with Gasteiger partial charge in [-0.1, -0.05) is 31.0 Å². The van der Waals surface area contributed by atoms with Crippen LogP contribution in [0.2, 0.25) is 0 Å². The van der Waals surface area contributed by atoms with Crippen molar-refractivity contribution in [2.75, 3.05) is 11.6 Å². The lowest BCUT2D eigenvalue weighted by molar-refractivity contribution is 0.0937. The van der Waals surface area contributed by atoms with Crippen molar-refractivity contribution in [3.05, 3.63) is 65.4 Å². The SMILES string of the molecule is CS(=O)(=O)Cc1c(C(=O)Nc2ccc(C(=O)NC3CCCC3)cc2)oc2ccccc12. The molecular formula is C23H24N2O5S. The van der Waals surface area contributed by atoms with Crippen LogP contribution < -0.4 is 10.6 Å². The van der Waals surface area contributed by atoms with Crippen LogP contribution in [0.1, 0.15) is 52.2 Å². The largest absolute Gasteiger partial charge is 0.451 e. The molecule has 1 aliphatic carbocycles. The fourth-order valence-corrected chi connectivity index (χ4v) is 4.73. The summed E-state index contributed by atoms with van der Waals surface area (Å²) < 4.78 is 29.5. The van der Waals surface area contributed by atoms with Gasteiger partial charge in [-0.05, 0) is 43.2 Å². The van der Waals surface area contributed by atoms with Crippen LogP contribution in [0.25, 0.3) is 11.0 Å². The average Bonchev–Trinajstić information content (AvgIpc) is 3.36. The summed E-state index contributed by atoms with van der Waals surface area (Å²) in [7, 11) is -3.38. The monoisotopic (exact) mass is 440 g/mol. The van der Waals surface area contributed by atoms with Crippen LogP contribution in [-0.2, 0) is 15.6 Å². The molecule has 0 aliphatic heterocycles. The zero-order valence-corrected chi connectivity index (χ0v) is 18.0. The van der Waals surface area contributed by atoms with Crippen molar-refractivity contribution in [2.45, 2.75) is 37.5 Å². The van der Waals surface area contributed by atoms with Crippen molar-refractivity contribution < 1.29 is 22.4 Å². The van der Waals surface area contributed by atoms with E-state index in [1.54, 1.807) is 48.5 Å². The van der Waals surface area contributed by atoms with E-state index < -0.39 is 15.7 Å². The molecule has 0 radical (unpaired) electrons. The minimum atomic E-state index is -3.38. The van der Waals surface area contributed by atoms with E-state index >= 15 is 0 Å². The number of para-hydroxylation sites is 1. The number of furan rings is 1. The number of benzene rings is 2. The summed E-state index contributed by atoms with van der Waals surface area (Å²) in [4.78, 5) is 25.2. The van der Waals surface area contributed by atoms with Crippen LogP contribution in [0.5, 0.6) is 0 Å². The Hall–Kier alpha value is -3.13. The zero-order valence-electron chi connectivity index (χ0n) is 17.2. The van der Waals surface area contributed by atoms with Gasteiger partial charge in [0.2, 0.25) is 0 Å². The first-order valence-corrected chi connectivity index (χ1v) is 12.3. The standard InChI is InChI=1S/C23H24N2O5S/c1-31(28,29)14-19-18-8-4-5-9-20(18)30-21(19)23(27)25-17-12-10-15(11-13-17)22(26)24-16-6-2-3-7-16/h4-5,8-13,16H,2-3,6-7,14H2,1H3,(H,24,26)(H,25,27). The highest BCUT2D eigenvalue weighted by molar-refractivity contribution is 7.89. The zero-order chi connectivity index (χ0) is 22.0. The summed E-state index contributed by atoms with van der Waals surface area (Å²) >= 11 is 0. The Bertz CT molecular complexity index is 1220. The van der Waals surface area contributed by atoms with E-state index in [2.05, 4.69) is 10.6 Å². The molecule has 1 aromatic heterocycles. The van der Waals surface area contributed by atoms with Gasteiger partial charge in [0, 0.05) is 34.5 Å². The van der Waals surface area contributed by atoms with E-state index in [1.807, 2.05) is 0 Å². The lowest BCUT2D eigenvalue weighted by Crippen LogP contribution is -2.32. The summed E-state index contributed by atoms with van der Waals surface area (Å²) in [6, 6.07) is 13.7. The third-order valence-electron chi connectivity index (χ3n) is 5.41.